The molecule has 1 saturated heterocycles. The van der Waals surface area contributed by atoms with Crippen LogP contribution in [0.1, 0.15) is 33.4 Å². The highest BCUT2D eigenvalue weighted by Gasteiger charge is 2.46. The number of ether oxygens (including phenoxy) is 1. The lowest BCUT2D eigenvalue weighted by molar-refractivity contribution is -0.0155. The van der Waals surface area contributed by atoms with Crippen LogP contribution in [-0.4, -0.2) is 36.6 Å². The lowest BCUT2D eigenvalue weighted by atomic mass is 10.2. The zero-order valence-corrected chi connectivity index (χ0v) is 24.7. The van der Waals surface area contributed by atoms with Gasteiger partial charge in [-0.15, -0.1) is 0 Å². The number of aromatic nitrogens is 2. The molecule has 0 radical (unpaired) electrons. The van der Waals surface area contributed by atoms with E-state index in [0.717, 1.165) is 0 Å². The summed E-state index contributed by atoms with van der Waals surface area (Å²) in [5.41, 5.74) is -1.06. The first-order chi connectivity index (χ1) is 18.4. The summed E-state index contributed by atoms with van der Waals surface area (Å²) < 4.78 is 40.0. The topological polar surface area (TPSA) is 121 Å². The fourth-order valence-electron chi connectivity index (χ4n) is 3.91. The minimum atomic E-state index is -3.92. The molecule has 2 aromatic carbocycles. The van der Waals surface area contributed by atoms with Crippen LogP contribution in [0.25, 0.3) is 0 Å². The van der Waals surface area contributed by atoms with E-state index in [9.17, 15) is 14.2 Å². The number of nitrogens with one attached hydrogen (secondary N) is 2. The zero-order valence-electron chi connectivity index (χ0n) is 22.8. The summed E-state index contributed by atoms with van der Waals surface area (Å²) in [6.07, 6.45) is 0.0979. The molecule has 210 valence electrons. The maximum atomic E-state index is 14.0. The van der Waals surface area contributed by atoms with E-state index in [4.69, 9.17) is 18.2 Å². The van der Waals surface area contributed by atoms with Crippen molar-refractivity contribution in [3.8, 4) is 11.5 Å². The monoisotopic (exact) mass is 573 g/mol. The molecule has 39 heavy (non-hydrogen) atoms. The Bertz CT molecular complexity index is 1360. The minimum Gasteiger partial charge on any atom is -0.411 e. The van der Waals surface area contributed by atoms with Crippen LogP contribution < -0.4 is 25.4 Å². The lowest BCUT2D eigenvalue weighted by Crippen LogP contribution is -2.47. The van der Waals surface area contributed by atoms with Crippen molar-refractivity contribution in [1.29, 1.82) is 0 Å². The van der Waals surface area contributed by atoms with Crippen molar-refractivity contribution in [2.24, 2.45) is 0 Å². The van der Waals surface area contributed by atoms with Gasteiger partial charge < -0.3 is 18.2 Å². The Morgan fingerprint density at radius 2 is 1.56 bits per heavy atom. The summed E-state index contributed by atoms with van der Waals surface area (Å²) in [5, 5.41) is 2.89. The van der Waals surface area contributed by atoms with Crippen molar-refractivity contribution in [2.75, 3.05) is 6.54 Å². The maximum absolute atomic E-state index is 14.0. The van der Waals surface area contributed by atoms with E-state index in [1.54, 1.807) is 48.5 Å². The highest BCUT2D eigenvalue weighted by molar-refractivity contribution is 7.52. The quantitative estimate of drug-likeness (QED) is 0.255. The van der Waals surface area contributed by atoms with E-state index in [1.807, 2.05) is 12.1 Å². The summed E-state index contributed by atoms with van der Waals surface area (Å²) in [6.45, 7) is 10.8. The molecule has 4 rings (SSSR count). The molecule has 2 heterocycles. The van der Waals surface area contributed by atoms with Crippen molar-refractivity contribution < 1.29 is 22.8 Å². The zero-order chi connectivity index (χ0) is 28.3. The van der Waals surface area contributed by atoms with E-state index in [-0.39, 0.29) is 11.6 Å². The lowest BCUT2D eigenvalue weighted by Gasteiger charge is -2.39. The van der Waals surface area contributed by atoms with Gasteiger partial charge in [-0.3, -0.25) is 14.3 Å². The molecule has 3 aromatic rings. The third kappa shape index (κ3) is 7.37. The van der Waals surface area contributed by atoms with Crippen LogP contribution in [0.4, 0.5) is 0 Å². The normalized spacial score (nSPS) is 20.1. The SMILES string of the molecule is CC(C)(C)[Si](C)(C)OC1CC(n2ccc(=O)[nH]c2=O)OC1CNP(=O)(Oc1ccccc1)Oc1ccccc1. The largest absolute Gasteiger partial charge is 0.512 e. The average molecular weight is 574 g/mol. The van der Waals surface area contributed by atoms with E-state index < -0.39 is 45.7 Å². The number of aromatic amines is 1. The molecule has 0 amide bonds. The molecular weight excluding hydrogens is 537 g/mol. The second-order valence-corrected chi connectivity index (χ2v) is 17.4. The molecule has 10 nitrogen and oxygen atoms in total. The first-order valence-electron chi connectivity index (χ1n) is 12.8. The Labute approximate surface area is 229 Å². The van der Waals surface area contributed by atoms with Gasteiger partial charge in [-0.1, -0.05) is 57.2 Å². The van der Waals surface area contributed by atoms with E-state index in [0.29, 0.717) is 17.9 Å². The van der Waals surface area contributed by atoms with E-state index >= 15 is 0 Å². The Kier molecular flexibility index (Phi) is 8.68. The van der Waals surface area contributed by atoms with Gasteiger partial charge in [-0.2, -0.15) is 5.09 Å². The van der Waals surface area contributed by atoms with Crippen molar-refractivity contribution in [3.05, 3.63) is 93.8 Å². The highest BCUT2D eigenvalue weighted by atomic mass is 31.2. The van der Waals surface area contributed by atoms with E-state index in [2.05, 4.69) is 43.9 Å². The van der Waals surface area contributed by atoms with Crippen LogP contribution in [0.3, 0.4) is 0 Å². The van der Waals surface area contributed by atoms with Crippen LogP contribution >= 0.6 is 7.75 Å². The van der Waals surface area contributed by atoms with Crippen molar-refractivity contribution in [3.63, 3.8) is 0 Å². The summed E-state index contributed by atoms with van der Waals surface area (Å²) >= 11 is 0. The highest BCUT2D eigenvalue weighted by Crippen LogP contribution is 2.46. The minimum absolute atomic E-state index is 0.0604. The standard InChI is InChI=1S/C27H36N3O7PSi/c1-27(2,3)39(4,5)37-22-18-25(30-17-16-24(31)29-26(30)32)34-23(22)19-28-38(33,35-20-12-8-6-9-13-20)36-21-14-10-7-11-15-21/h6-17,22-23,25H,18-19H2,1-5H3,(H,28,33)(H,29,31,32). The number of hydrogen-bond donors (Lipinski definition) is 2. The summed E-state index contributed by atoms with van der Waals surface area (Å²) in [5.74, 6) is 0.756. The first kappa shape index (κ1) is 29.0. The Morgan fingerprint density at radius 1 is 1.00 bits per heavy atom. The molecule has 3 unspecified atom stereocenters. The van der Waals surface area contributed by atoms with Gasteiger partial charge in [0.25, 0.3) is 5.56 Å². The third-order valence-corrected chi connectivity index (χ3v) is 13.0. The number of H-pyrrole nitrogens is 1. The molecule has 3 atom stereocenters. The van der Waals surface area contributed by atoms with Crippen LogP contribution in [0.15, 0.2) is 82.5 Å². The van der Waals surface area contributed by atoms with Crippen LogP contribution in [0.5, 0.6) is 11.5 Å². The average Bonchev–Trinajstić information content (AvgIpc) is 3.25. The van der Waals surface area contributed by atoms with Gasteiger partial charge >= 0.3 is 13.4 Å². The number of nitrogens with zero attached hydrogens (tertiary/aromatic N) is 1. The molecule has 0 bridgehead atoms. The molecule has 1 aliphatic heterocycles. The summed E-state index contributed by atoms with van der Waals surface area (Å²) in [6, 6.07) is 18.8. The molecule has 0 aliphatic carbocycles. The fraction of sp³-hybridized carbons (Fsp3) is 0.407. The molecular formula is C27H36N3O7PSi. The Morgan fingerprint density at radius 3 is 2.08 bits per heavy atom. The second-order valence-electron chi connectivity index (χ2n) is 11.0. The van der Waals surface area contributed by atoms with Gasteiger partial charge in [0.05, 0.1) is 12.2 Å². The van der Waals surface area contributed by atoms with Gasteiger partial charge in [-0.05, 0) is 42.4 Å². The predicted molar refractivity (Wildman–Crippen MR) is 152 cm³/mol. The molecule has 0 spiro atoms. The van der Waals surface area contributed by atoms with Crippen molar-refractivity contribution >= 4 is 16.1 Å². The number of benzene rings is 2. The van der Waals surface area contributed by atoms with Gasteiger partial charge in [0.2, 0.25) is 0 Å². The van der Waals surface area contributed by atoms with Gasteiger partial charge in [-0.25, -0.2) is 9.36 Å². The Balaban J connectivity index is 1.59. The smallest absolute Gasteiger partial charge is 0.411 e. The number of para-hydroxylation sites is 2. The summed E-state index contributed by atoms with van der Waals surface area (Å²) in [4.78, 5) is 26.4. The second kappa shape index (κ2) is 11.7. The van der Waals surface area contributed by atoms with Gasteiger partial charge in [0, 0.05) is 25.2 Å². The first-order valence-corrected chi connectivity index (χ1v) is 17.3. The van der Waals surface area contributed by atoms with Crippen LogP contribution in [0, 0.1) is 0 Å². The van der Waals surface area contributed by atoms with Crippen molar-refractivity contribution in [2.45, 2.75) is 63.8 Å². The molecule has 1 aliphatic rings. The van der Waals surface area contributed by atoms with E-state index in [1.165, 1.54) is 16.8 Å². The third-order valence-electron chi connectivity index (χ3n) is 7.02. The van der Waals surface area contributed by atoms with Crippen molar-refractivity contribution in [1.82, 2.24) is 14.6 Å². The maximum Gasteiger partial charge on any atom is 0.512 e. The number of hydrogen-bond acceptors (Lipinski definition) is 7. The number of rotatable bonds is 10. The molecule has 1 fully saturated rings. The molecule has 1 aromatic heterocycles. The summed E-state index contributed by atoms with van der Waals surface area (Å²) in [7, 11) is -6.17. The van der Waals surface area contributed by atoms with Gasteiger partial charge in [0.15, 0.2) is 8.32 Å². The van der Waals surface area contributed by atoms with Crippen LogP contribution in [-0.2, 0) is 13.7 Å². The van der Waals surface area contributed by atoms with Crippen LogP contribution in [0.2, 0.25) is 18.1 Å². The Hall–Kier alpha value is -2.95. The molecule has 12 heteroatoms. The predicted octanol–water partition coefficient (Wildman–Crippen LogP) is 5.07. The molecule has 2 N–H and O–H groups in total. The van der Waals surface area contributed by atoms with Gasteiger partial charge in [0.1, 0.15) is 17.7 Å². The fourth-order valence-corrected chi connectivity index (χ4v) is 6.64. The molecule has 0 saturated carbocycles.